The number of hydrogen-bond donors (Lipinski definition) is 2. The summed E-state index contributed by atoms with van der Waals surface area (Å²) in [4.78, 5) is 20.8. The van der Waals surface area contributed by atoms with E-state index in [1.54, 1.807) is 36.5 Å². The van der Waals surface area contributed by atoms with Crippen molar-refractivity contribution in [2.75, 3.05) is 36.4 Å². The fourth-order valence-electron chi connectivity index (χ4n) is 3.90. The molecule has 34 heavy (non-hydrogen) atoms. The molecule has 0 aliphatic carbocycles. The van der Waals surface area contributed by atoms with Crippen molar-refractivity contribution in [1.82, 2.24) is 9.88 Å². The van der Waals surface area contributed by atoms with Gasteiger partial charge in [-0.2, -0.15) is 13.2 Å². The van der Waals surface area contributed by atoms with Gasteiger partial charge < -0.3 is 20.5 Å². The zero-order valence-corrected chi connectivity index (χ0v) is 18.7. The second kappa shape index (κ2) is 9.72. The molecule has 6 nitrogen and oxygen atoms in total. The lowest BCUT2D eigenvalue weighted by atomic mass is 10.1. The van der Waals surface area contributed by atoms with Gasteiger partial charge in [-0.1, -0.05) is 29.8 Å². The molecule has 1 amide bonds. The Balaban J connectivity index is 1.55. The number of nitrogens with one attached hydrogen (secondary N) is 2. The maximum absolute atomic E-state index is 13.8. The number of alkyl halides is 3. The first-order chi connectivity index (χ1) is 16.3. The highest BCUT2D eigenvalue weighted by molar-refractivity contribution is 6.31. The Bertz CT molecular complexity index is 1240. The largest absolute Gasteiger partial charge is 0.432 e. The first kappa shape index (κ1) is 23.6. The molecule has 0 radical (unpaired) electrons. The minimum atomic E-state index is -4.84. The summed E-state index contributed by atoms with van der Waals surface area (Å²) in [6.07, 6.45) is -2.70. The van der Waals surface area contributed by atoms with E-state index in [0.29, 0.717) is 24.3 Å². The summed E-state index contributed by atoms with van der Waals surface area (Å²) in [6.45, 7) is 1.27. The summed E-state index contributed by atoms with van der Waals surface area (Å²) in [6, 6.07) is 15.0. The minimum Gasteiger partial charge on any atom is -0.367 e. The molecule has 0 atom stereocenters. The van der Waals surface area contributed by atoms with Crippen molar-refractivity contribution in [3.8, 4) is 0 Å². The van der Waals surface area contributed by atoms with Crippen molar-refractivity contribution in [2.24, 2.45) is 0 Å². The number of rotatable bonds is 5. The van der Waals surface area contributed by atoms with Gasteiger partial charge in [-0.05, 0) is 36.4 Å². The Morgan fingerprint density at radius 1 is 1.06 bits per heavy atom. The van der Waals surface area contributed by atoms with Crippen molar-refractivity contribution in [1.29, 1.82) is 5.41 Å². The first-order valence-corrected chi connectivity index (χ1v) is 10.9. The average Bonchev–Trinajstić information content (AvgIpc) is 2.83. The lowest BCUT2D eigenvalue weighted by Gasteiger charge is -2.37. The number of amides is 1. The maximum Gasteiger partial charge on any atom is 0.432 e. The number of halogens is 4. The highest BCUT2D eigenvalue weighted by atomic mass is 35.5. The quantitative estimate of drug-likeness (QED) is 0.387. The molecule has 0 spiro atoms. The number of aromatic nitrogens is 1. The molecular formula is C24H21ClF3N5O. The number of piperazine rings is 1. The third-order valence-corrected chi connectivity index (χ3v) is 5.80. The molecule has 0 bridgehead atoms. The van der Waals surface area contributed by atoms with Gasteiger partial charge >= 0.3 is 6.18 Å². The molecule has 4 rings (SSSR count). The molecule has 0 saturated carbocycles. The van der Waals surface area contributed by atoms with Gasteiger partial charge in [0.15, 0.2) is 0 Å². The van der Waals surface area contributed by atoms with Crippen LogP contribution in [0, 0.1) is 5.41 Å². The summed E-state index contributed by atoms with van der Waals surface area (Å²) in [7, 11) is 0. The van der Waals surface area contributed by atoms with Crippen LogP contribution in [0.3, 0.4) is 0 Å². The highest BCUT2D eigenvalue weighted by Crippen LogP contribution is 2.31. The van der Waals surface area contributed by atoms with E-state index in [0.717, 1.165) is 16.6 Å². The van der Waals surface area contributed by atoms with Gasteiger partial charge in [-0.3, -0.25) is 9.78 Å². The molecule has 1 aliphatic rings. The normalized spacial score (nSPS) is 15.2. The van der Waals surface area contributed by atoms with E-state index >= 15 is 0 Å². The monoisotopic (exact) mass is 487 g/mol. The van der Waals surface area contributed by atoms with E-state index in [1.807, 2.05) is 12.1 Å². The van der Waals surface area contributed by atoms with Gasteiger partial charge in [0.2, 0.25) is 0 Å². The number of pyridine rings is 1. The van der Waals surface area contributed by atoms with E-state index in [9.17, 15) is 18.0 Å². The number of para-hydroxylation sites is 1. The molecule has 176 valence electrons. The lowest BCUT2D eigenvalue weighted by molar-refractivity contribution is -0.128. The topological polar surface area (TPSA) is 72.3 Å². The van der Waals surface area contributed by atoms with Crippen molar-refractivity contribution in [3.05, 3.63) is 77.1 Å². The lowest BCUT2D eigenvalue weighted by Crippen LogP contribution is -2.49. The Morgan fingerprint density at radius 3 is 2.41 bits per heavy atom. The van der Waals surface area contributed by atoms with E-state index in [2.05, 4.69) is 15.2 Å². The van der Waals surface area contributed by atoms with Crippen molar-refractivity contribution >= 4 is 46.0 Å². The molecule has 10 heteroatoms. The van der Waals surface area contributed by atoms with Crippen LogP contribution in [-0.2, 0) is 4.79 Å². The third kappa shape index (κ3) is 4.99. The molecule has 3 aromatic rings. The fourth-order valence-corrected chi connectivity index (χ4v) is 4.07. The summed E-state index contributed by atoms with van der Waals surface area (Å²) in [5.41, 5.74) is -0.152. The summed E-state index contributed by atoms with van der Waals surface area (Å²) >= 11 is 6.06. The molecule has 2 aromatic carbocycles. The van der Waals surface area contributed by atoms with Gasteiger partial charge in [0.25, 0.3) is 5.91 Å². The number of nitrogens with zero attached hydrogens (tertiary/aromatic N) is 3. The standard InChI is InChI=1S/C24H21ClF3N5O/c25-16-6-7-18-20(14-16)30-9-8-21(18)32-10-12-33(13-11-32)23(34)19(15-29)22(24(26,27)28)31-17-4-2-1-3-5-17/h1-9,14-15,29,31H,10-13H2/b22-19+,29-15?. The highest BCUT2D eigenvalue weighted by Gasteiger charge is 2.39. The molecule has 1 fully saturated rings. The van der Waals surface area contributed by atoms with Crippen LogP contribution in [0.4, 0.5) is 24.5 Å². The summed E-state index contributed by atoms with van der Waals surface area (Å²) < 4.78 is 41.4. The van der Waals surface area contributed by atoms with Crippen LogP contribution in [0.15, 0.2) is 72.1 Å². The van der Waals surface area contributed by atoms with Crippen LogP contribution in [-0.4, -0.2) is 54.4 Å². The van der Waals surface area contributed by atoms with Crippen LogP contribution in [0.2, 0.25) is 5.02 Å². The molecule has 0 unspecified atom stereocenters. The Labute approximate surface area is 199 Å². The fraction of sp³-hybridized carbons (Fsp3) is 0.208. The number of carbonyl (C=O) groups is 1. The van der Waals surface area contributed by atoms with Gasteiger partial charge in [-0.25, -0.2) is 0 Å². The second-order valence-corrected chi connectivity index (χ2v) is 8.13. The smallest absolute Gasteiger partial charge is 0.367 e. The molecule has 2 heterocycles. The Hall–Kier alpha value is -3.59. The molecule has 1 aliphatic heterocycles. The third-order valence-electron chi connectivity index (χ3n) is 5.56. The molecule has 2 N–H and O–H groups in total. The summed E-state index contributed by atoms with van der Waals surface area (Å²) in [5.74, 6) is -0.836. The Morgan fingerprint density at radius 2 is 1.76 bits per heavy atom. The number of allylic oxidation sites excluding steroid dienone is 1. The van der Waals surface area contributed by atoms with Crippen molar-refractivity contribution in [3.63, 3.8) is 0 Å². The number of benzene rings is 2. The second-order valence-electron chi connectivity index (χ2n) is 7.69. The molecular weight excluding hydrogens is 467 g/mol. The van der Waals surface area contributed by atoms with Gasteiger partial charge in [0, 0.05) is 60.4 Å². The van der Waals surface area contributed by atoms with Crippen LogP contribution in [0.25, 0.3) is 10.9 Å². The minimum absolute atomic E-state index is 0.177. The van der Waals surface area contributed by atoms with Crippen LogP contribution < -0.4 is 10.2 Å². The molecule has 1 aromatic heterocycles. The van der Waals surface area contributed by atoms with Gasteiger partial charge in [0.05, 0.1) is 11.1 Å². The zero-order chi connectivity index (χ0) is 24.3. The van der Waals surface area contributed by atoms with Crippen molar-refractivity contribution < 1.29 is 18.0 Å². The van der Waals surface area contributed by atoms with E-state index in [4.69, 9.17) is 17.0 Å². The predicted molar refractivity (Wildman–Crippen MR) is 127 cm³/mol. The van der Waals surface area contributed by atoms with E-state index in [1.165, 1.54) is 17.0 Å². The molecule has 1 saturated heterocycles. The maximum atomic E-state index is 13.8. The number of anilines is 2. The predicted octanol–water partition coefficient (Wildman–Crippen LogP) is 5.11. The number of hydrogen-bond acceptors (Lipinski definition) is 5. The van der Waals surface area contributed by atoms with Gasteiger partial charge in [-0.15, -0.1) is 0 Å². The number of carbonyl (C=O) groups excluding carboxylic acids is 1. The Kier molecular flexibility index (Phi) is 6.74. The SMILES string of the molecule is N=C/C(C(=O)N1CCN(c2ccnc3cc(Cl)ccc23)CC1)=C(\Nc1ccccc1)C(F)(F)F. The van der Waals surface area contributed by atoms with Gasteiger partial charge in [0.1, 0.15) is 5.70 Å². The van der Waals surface area contributed by atoms with E-state index in [-0.39, 0.29) is 18.8 Å². The van der Waals surface area contributed by atoms with Crippen LogP contribution in [0.1, 0.15) is 0 Å². The van der Waals surface area contributed by atoms with Crippen molar-refractivity contribution in [2.45, 2.75) is 6.18 Å². The number of fused-ring (bicyclic) bond motifs is 1. The first-order valence-electron chi connectivity index (χ1n) is 10.5. The average molecular weight is 488 g/mol. The summed E-state index contributed by atoms with van der Waals surface area (Å²) in [5, 5.41) is 11.3. The van der Waals surface area contributed by atoms with E-state index < -0.39 is 23.4 Å². The van der Waals surface area contributed by atoms with Crippen LogP contribution >= 0.6 is 11.6 Å². The van der Waals surface area contributed by atoms with Crippen LogP contribution in [0.5, 0.6) is 0 Å². The zero-order valence-electron chi connectivity index (χ0n) is 17.9.